The van der Waals surface area contributed by atoms with E-state index >= 15 is 0 Å². The lowest BCUT2D eigenvalue weighted by Gasteiger charge is -2.29. The number of nitrogens with zero attached hydrogens (tertiary/aromatic N) is 2. The topological polar surface area (TPSA) is 75.3 Å². The first-order chi connectivity index (χ1) is 14.1. The predicted molar refractivity (Wildman–Crippen MR) is 114 cm³/mol. The largest absolute Gasteiger partial charge is 0.378 e. The highest BCUT2D eigenvalue weighted by atomic mass is 32.2. The van der Waals surface area contributed by atoms with Crippen LogP contribution in [0.3, 0.4) is 0 Å². The Bertz CT molecular complexity index is 1280. The van der Waals surface area contributed by atoms with Gasteiger partial charge in [-0.3, -0.25) is 0 Å². The molecule has 0 saturated carbocycles. The van der Waals surface area contributed by atoms with Gasteiger partial charge in [-0.15, -0.1) is 0 Å². The van der Waals surface area contributed by atoms with Crippen molar-refractivity contribution in [3.63, 3.8) is 0 Å². The van der Waals surface area contributed by atoms with Crippen molar-refractivity contribution in [3.05, 3.63) is 66.4 Å². The number of anilines is 1. The molecule has 0 aliphatic carbocycles. The van der Waals surface area contributed by atoms with Crippen LogP contribution in [0.5, 0.6) is 0 Å². The van der Waals surface area contributed by atoms with E-state index in [0.29, 0.717) is 18.1 Å². The summed E-state index contributed by atoms with van der Waals surface area (Å²) in [5.74, 6) is -0.0349. The fourth-order valence-corrected chi connectivity index (χ4v) is 5.29. The molecule has 1 saturated heterocycles. The quantitative estimate of drug-likeness (QED) is 0.560. The highest BCUT2D eigenvalue weighted by Crippen LogP contribution is 2.34. The molecule has 0 radical (unpaired) electrons. The van der Waals surface area contributed by atoms with Gasteiger partial charge in [0.15, 0.2) is 9.84 Å². The molecule has 29 heavy (non-hydrogen) atoms. The van der Waals surface area contributed by atoms with Crippen LogP contribution in [-0.4, -0.2) is 44.7 Å². The molecule has 1 aliphatic rings. The molecule has 1 aliphatic heterocycles. The Labute approximate surface area is 169 Å². The highest BCUT2D eigenvalue weighted by Gasteiger charge is 2.19. The number of hydrogen-bond acceptors (Lipinski definition) is 5. The van der Waals surface area contributed by atoms with Crippen molar-refractivity contribution in [2.75, 3.05) is 31.2 Å². The van der Waals surface area contributed by atoms with Crippen LogP contribution in [-0.2, 0) is 20.3 Å². The Morgan fingerprint density at radius 1 is 1.03 bits per heavy atom. The van der Waals surface area contributed by atoms with Gasteiger partial charge in [-0.2, -0.15) is 0 Å². The number of sulfone groups is 1. The smallest absolute Gasteiger partial charge is 0.182 e. The fourth-order valence-electron chi connectivity index (χ4n) is 3.93. The molecule has 5 rings (SSSR count). The number of pyridine rings is 1. The summed E-state index contributed by atoms with van der Waals surface area (Å²) in [6.07, 6.45) is 1.81. The van der Waals surface area contributed by atoms with Gasteiger partial charge in [0, 0.05) is 35.6 Å². The molecule has 2 aromatic heterocycles. The Morgan fingerprint density at radius 2 is 1.83 bits per heavy atom. The number of benzene rings is 2. The van der Waals surface area contributed by atoms with E-state index in [0.717, 1.165) is 46.3 Å². The van der Waals surface area contributed by atoms with Gasteiger partial charge in [0.05, 0.1) is 29.5 Å². The fraction of sp³-hybridized carbons (Fsp3) is 0.227. The molecule has 0 spiro atoms. The second-order valence-electron chi connectivity index (χ2n) is 7.23. The SMILES string of the molecule is O=S(=O)(Cc1ccc2[nH]c3nccc(N4CCOCC4)c3c2c1)c1ccccc1. The van der Waals surface area contributed by atoms with Crippen LogP contribution in [0.25, 0.3) is 21.9 Å². The van der Waals surface area contributed by atoms with Crippen LogP contribution in [0.1, 0.15) is 5.56 Å². The van der Waals surface area contributed by atoms with Gasteiger partial charge in [-0.1, -0.05) is 24.3 Å². The predicted octanol–water partition coefficient (Wildman–Crippen LogP) is 3.53. The van der Waals surface area contributed by atoms with Crippen molar-refractivity contribution in [2.24, 2.45) is 0 Å². The van der Waals surface area contributed by atoms with Crippen LogP contribution >= 0.6 is 0 Å². The Kier molecular flexibility index (Phi) is 4.49. The first-order valence-corrected chi connectivity index (χ1v) is 11.3. The van der Waals surface area contributed by atoms with Crippen LogP contribution < -0.4 is 4.90 Å². The van der Waals surface area contributed by atoms with E-state index in [-0.39, 0.29) is 5.75 Å². The van der Waals surface area contributed by atoms with Crippen molar-refractivity contribution in [1.29, 1.82) is 0 Å². The van der Waals surface area contributed by atoms with Crippen LogP contribution in [0.15, 0.2) is 65.7 Å². The van der Waals surface area contributed by atoms with Gasteiger partial charge in [-0.05, 0) is 35.9 Å². The highest BCUT2D eigenvalue weighted by molar-refractivity contribution is 7.90. The zero-order valence-corrected chi connectivity index (χ0v) is 16.7. The van der Waals surface area contributed by atoms with Crippen LogP contribution in [0.2, 0.25) is 0 Å². The molecule has 3 heterocycles. The zero-order chi connectivity index (χ0) is 19.8. The summed E-state index contributed by atoms with van der Waals surface area (Å²) < 4.78 is 31.1. The van der Waals surface area contributed by atoms with E-state index in [4.69, 9.17) is 4.74 Å². The van der Waals surface area contributed by atoms with E-state index in [2.05, 4.69) is 14.9 Å². The standard InChI is InChI=1S/C22H21N3O3S/c26-29(27,17-4-2-1-3-5-17)15-16-6-7-19-18(14-16)21-20(8-9-23-22(21)24-19)25-10-12-28-13-11-25/h1-9,14H,10-13,15H2,(H,23,24). The van der Waals surface area contributed by atoms with E-state index in [1.165, 1.54) is 0 Å². The van der Waals surface area contributed by atoms with E-state index in [9.17, 15) is 8.42 Å². The lowest BCUT2D eigenvalue weighted by atomic mass is 10.1. The maximum Gasteiger partial charge on any atom is 0.182 e. The van der Waals surface area contributed by atoms with Gasteiger partial charge in [-0.25, -0.2) is 13.4 Å². The van der Waals surface area contributed by atoms with Crippen molar-refractivity contribution in [1.82, 2.24) is 9.97 Å². The molecular formula is C22H21N3O3S. The monoisotopic (exact) mass is 407 g/mol. The summed E-state index contributed by atoms with van der Waals surface area (Å²) in [5.41, 5.74) is 3.63. The van der Waals surface area contributed by atoms with Gasteiger partial charge >= 0.3 is 0 Å². The average Bonchev–Trinajstić information content (AvgIpc) is 3.13. The molecule has 2 aromatic carbocycles. The molecule has 0 bridgehead atoms. The Balaban J connectivity index is 1.60. The summed E-state index contributed by atoms with van der Waals surface area (Å²) in [6, 6.07) is 16.4. The third-order valence-electron chi connectivity index (χ3n) is 5.35. The number of aromatic amines is 1. The average molecular weight is 407 g/mol. The van der Waals surface area contributed by atoms with E-state index in [1.807, 2.05) is 36.5 Å². The Hall–Kier alpha value is -2.90. The second-order valence-corrected chi connectivity index (χ2v) is 9.22. The normalized spacial score (nSPS) is 15.2. The minimum atomic E-state index is -3.40. The maximum absolute atomic E-state index is 12.8. The third-order valence-corrected chi connectivity index (χ3v) is 7.05. The first-order valence-electron chi connectivity index (χ1n) is 9.62. The molecule has 6 nitrogen and oxygen atoms in total. The van der Waals surface area contributed by atoms with Crippen LogP contribution in [0, 0.1) is 0 Å². The summed E-state index contributed by atoms with van der Waals surface area (Å²) >= 11 is 0. The minimum Gasteiger partial charge on any atom is -0.378 e. The van der Waals surface area contributed by atoms with Gasteiger partial charge in [0.25, 0.3) is 0 Å². The number of hydrogen-bond donors (Lipinski definition) is 1. The van der Waals surface area contributed by atoms with Gasteiger partial charge < -0.3 is 14.6 Å². The molecule has 148 valence electrons. The summed E-state index contributed by atoms with van der Waals surface area (Å²) in [6.45, 7) is 3.06. The van der Waals surface area contributed by atoms with Gasteiger partial charge in [0.1, 0.15) is 5.65 Å². The third kappa shape index (κ3) is 3.36. The van der Waals surface area contributed by atoms with Crippen molar-refractivity contribution in [3.8, 4) is 0 Å². The second kappa shape index (κ2) is 7.17. The zero-order valence-electron chi connectivity index (χ0n) is 15.8. The lowest BCUT2D eigenvalue weighted by molar-refractivity contribution is 0.123. The lowest BCUT2D eigenvalue weighted by Crippen LogP contribution is -2.36. The molecule has 1 N–H and O–H groups in total. The number of aromatic nitrogens is 2. The molecule has 0 atom stereocenters. The molecular weight excluding hydrogens is 386 g/mol. The van der Waals surface area contributed by atoms with Crippen LogP contribution in [0.4, 0.5) is 5.69 Å². The number of ether oxygens (including phenoxy) is 1. The summed E-state index contributed by atoms with van der Waals surface area (Å²) in [7, 11) is -3.40. The van der Waals surface area contributed by atoms with Crippen molar-refractivity contribution in [2.45, 2.75) is 10.6 Å². The summed E-state index contributed by atoms with van der Waals surface area (Å²) in [4.78, 5) is 10.5. The number of nitrogens with one attached hydrogen (secondary N) is 1. The molecule has 0 unspecified atom stereocenters. The maximum atomic E-state index is 12.8. The molecule has 0 amide bonds. The number of H-pyrrole nitrogens is 1. The Morgan fingerprint density at radius 3 is 2.62 bits per heavy atom. The number of morpholine rings is 1. The van der Waals surface area contributed by atoms with Crippen molar-refractivity contribution >= 4 is 37.5 Å². The molecule has 4 aromatic rings. The first kappa shape index (κ1) is 18.1. The molecule has 7 heteroatoms. The van der Waals surface area contributed by atoms with Crippen molar-refractivity contribution < 1.29 is 13.2 Å². The minimum absolute atomic E-state index is 0.0349. The summed E-state index contributed by atoms with van der Waals surface area (Å²) in [5, 5.41) is 2.03. The van der Waals surface area contributed by atoms with E-state index < -0.39 is 9.84 Å². The number of fused-ring (bicyclic) bond motifs is 3. The van der Waals surface area contributed by atoms with Gasteiger partial charge in [0.2, 0.25) is 0 Å². The number of rotatable bonds is 4. The molecule has 1 fully saturated rings. The van der Waals surface area contributed by atoms with E-state index in [1.54, 1.807) is 24.3 Å².